The number of carbonyl (C=O) groups is 1. The molecule has 0 N–H and O–H groups in total. The topological polar surface area (TPSA) is 38.8 Å². The Morgan fingerprint density at radius 2 is 2.11 bits per heavy atom. The maximum atomic E-state index is 11.9. The van der Waals surface area contributed by atoms with Crippen LogP contribution in [-0.2, 0) is 4.79 Å². The number of fused-ring (bicyclic) bond motifs is 1. The van der Waals surface area contributed by atoms with Gasteiger partial charge in [0.25, 0.3) is 0 Å². The van der Waals surface area contributed by atoms with Gasteiger partial charge in [0.2, 0.25) is 5.91 Å². The molecular weight excluding hydrogens is 242 g/mol. The van der Waals surface area contributed by atoms with E-state index in [1.54, 1.807) is 4.90 Å². The van der Waals surface area contributed by atoms with Crippen LogP contribution in [0.15, 0.2) is 24.3 Å². The molecule has 1 aromatic rings. The second-order valence-electron chi connectivity index (χ2n) is 4.88. The largest absolute Gasteiger partial charge is 0.486 e. The molecule has 1 amide bonds. The van der Waals surface area contributed by atoms with Crippen molar-refractivity contribution in [3.63, 3.8) is 0 Å². The molecule has 1 atom stereocenters. The van der Waals surface area contributed by atoms with Crippen molar-refractivity contribution in [3.05, 3.63) is 24.3 Å². The third-order valence-corrected chi connectivity index (χ3v) is 3.21. The molecule has 19 heavy (non-hydrogen) atoms. The molecule has 4 heteroatoms. The normalized spacial score (nSPS) is 17.1. The minimum absolute atomic E-state index is 0.0922. The fourth-order valence-corrected chi connectivity index (χ4v) is 2.08. The number of likely N-dealkylation sites (N-methyl/N-ethyl adjacent to an activating group) is 1. The minimum atomic E-state index is -0.0922. The van der Waals surface area contributed by atoms with E-state index in [1.807, 2.05) is 31.3 Å². The molecule has 4 nitrogen and oxygen atoms in total. The molecule has 1 unspecified atom stereocenters. The predicted molar refractivity (Wildman–Crippen MR) is 73.5 cm³/mol. The first kappa shape index (κ1) is 13.7. The molecule has 104 valence electrons. The lowest BCUT2D eigenvalue weighted by Gasteiger charge is -2.29. The van der Waals surface area contributed by atoms with E-state index < -0.39 is 0 Å². The number of unbranched alkanes of at least 4 members (excludes halogenated alkanes) is 1. The first-order valence-corrected chi connectivity index (χ1v) is 6.83. The second kappa shape index (κ2) is 6.45. The van der Waals surface area contributed by atoms with E-state index in [9.17, 15) is 4.79 Å². The number of rotatable bonds is 5. The third kappa shape index (κ3) is 3.63. The summed E-state index contributed by atoms with van der Waals surface area (Å²) >= 11 is 0. The molecule has 0 saturated carbocycles. The zero-order valence-electron chi connectivity index (χ0n) is 11.6. The van der Waals surface area contributed by atoms with Gasteiger partial charge in [-0.25, -0.2) is 0 Å². The van der Waals surface area contributed by atoms with Gasteiger partial charge in [0, 0.05) is 13.5 Å². The lowest BCUT2D eigenvalue weighted by atomic mass is 10.2. The van der Waals surface area contributed by atoms with Gasteiger partial charge < -0.3 is 14.4 Å². The molecule has 1 aromatic carbocycles. The molecule has 0 radical (unpaired) electrons. The number of amides is 1. The van der Waals surface area contributed by atoms with Crippen molar-refractivity contribution in [1.29, 1.82) is 0 Å². The fourth-order valence-electron chi connectivity index (χ4n) is 2.08. The van der Waals surface area contributed by atoms with Crippen molar-refractivity contribution in [1.82, 2.24) is 4.90 Å². The number of carbonyl (C=O) groups excluding carboxylic acids is 1. The highest BCUT2D eigenvalue weighted by Gasteiger charge is 2.23. The number of hydrogen-bond acceptors (Lipinski definition) is 3. The lowest BCUT2D eigenvalue weighted by molar-refractivity contribution is -0.131. The Balaban J connectivity index is 1.86. The maximum Gasteiger partial charge on any atom is 0.222 e. The van der Waals surface area contributed by atoms with E-state index in [-0.39, 0.29) is 12.0 Å². The number of para-hydroxylation sites is 2. The van der Waals surface area contributed by atoms with Gasteiger partial charge in [0.1, 0.15) is 6.61 Å². The van der Waals surface area contributed by atoms with E-state index in [0.29, 0.717) is 19.6 Å². The summed E-state index contributed by atoms with van der Waals surface area (Å²) in [6.45, 7) is 3.14. The standard InChI is InChI=1S/C15H21NO3/c1-3-4-9-15(17)16(2)10-12-11-18-13-7-5-6-8-14(13)19-12/h5-8,12H,3-4,9-11H2,1-2H3. The zero-order valence-corrected chi connectivity index (χ0v) is 11.6. The zero-order chi connectivity index (χ0) is 13.7. The Kier molecular flexibility index (Phi) is 4.66. The van der Waals surface area contributed by atoms with Crippen LogP contribution in [0.3, 0.4) is 0 Å². The van der Waals surface area contributed by atoms with Crippen LogP contribution >= 0.6 is 0 Å². The number of benzene rings is 1. The molecule has 1 aliphatic heterocycles. The average Bonchev–Trinajstić information content (AvgIpc) is 2.44. The summed E-state index contributed by atoms with van der Waals surface area (Å²) in [5.74, 6) is 1.70. The quantitative estimate of drug-likeness (QED) is 0.819. The van der Waals surface area contributed by atoms with Gasteiger partial charge in [0.05, 0.1) is 6.54 Å². The molecule has 0 aromatic heterocycles. The smallest absolute Gasteiger partial charge is 0.222 e. The van der Waals surface area contributed by atoms with Gasteiger partial charge in [-0.3, -0.25) is 4.79 Å². The van der Waals surface area contributed by atoms with Crippen molar-refractivity contribution in [2.45, 2.75) is 32.3 Å². The number of nitrogens with zero attached hydrogens (tertiary/aromatic N) is 1. The van der Waals surface area contributed by atoms with E-state index in [4.69, 9.17) is 9.47 Å². The van der Waals surface area contributed by atoms with Crippen LogP contribution in [0.1, 0.15) is 26.2 Å². The molecule has 0 fully saturated rings. The predicted octanol–water partition coefficient (Wildman–Crippen LogP) is 2.48. The van der Waals surface area contributed by atoms with Crippen molar-refractivity contribution >= 4 is 5.91 Å². The van der Waals surface area contributed by atoms with Crippen LogP contribution in [0, 0.1) is 0 Å². The first-order valence-electron chi connectivity index (χ1n) is 6.83. The fraction of sp³-hybridized carbons (Fsp3) is 0.533. The molecule has 0 spiro atoms. The van der Waals surface area contributed by atoms with E-state index in [1.165, 1.54) is 0 Å². The van der Waals surface area contributed by atoms with Gasteiger partial charge in [-0.2, -0.15) is 0 Å². The highest BCUT2D eigenvalue weighted by Crippen LogP contribution is 2.30. The molecule has 2 rings (SSSR count). The summed E-state index contributed by atoms with van der Waals surface area (Å²) in [7, 11) is 1.82. The summed E-state index contributed by atoms with van der Waals surface area (Å²) in [6.07, 6.45) is 2.49. The highest BCUT2D eigenvalue weighted by atomic mass is 16.6. The van der Waals surface area contributed by atoms with Gasteiger partial charge in [-0.05, 0) is 18.6 Å². The molecule has 0 saturated heterocycles. The summed E-state index contributed by atoms with van der Waals surface area (Å²) in [5, 5.41) is 0. The van der Waals surface area contributed by atoms with E-state index in [0.717, 1.165) is 24.3 Å². The maximum absolute atomic E-state index is 11.9. The second-order valence-corrected chi connectivity index (χ2v) is 4.88. The van der Waals surface area contributed by atoms with Gasteiger partial charge >= 0.3 is 0 Å². The van der Waals surface area contributed by atoms with Crippen molar-refractivity contribution in [2.75, 3.05) is 20.2 Å². The first-order chi connectivity index (χ1) is 9.20. The minimum Gasteiger partial charge on any atom is -0.486 e. The monoisotopic (exact) mass is 263 g/mol. The van der Waals surface area contributed by atoms with Crippen LogP contribution in [0.5, 0.6) is 11.5 Å². The van der Waals surface area contributed by atoms with E-state index >= 15 is 0 Å². The van der Waals surface area contributed by atoms with Crippen LogP contribution in [-0.4, -0.2) is 37.1 Å². The summed E-state index contributed by atoms with van der Waals surface area (Å²) in [6, 6.07) is 7.62. The number of hydrogen-bond donors (Lipinski definition) is 0. The van der Waals surface area contributed by atoms with Crippen LogP contribution < -0.4 is 9.47 Å². The lowest BCUT2D eigenvalue weighted by Crippen LogP contribution is -2.41. The van der Waals surface area contributed by atoms with Gasteiger partial charge in [0.15, 0.2) is 17.6 Å². The molecule has 0 bridgehead atoms. The van der Waals surface area contributed by atoms with Crippen LogP contribution in [0.4, 0.5) is 0 Å². The van der Waals surface area contributed by atoms with Crippen LogP contribution in [0.2, 0.25) is 0 Å². The van der Waals surface area contributed by atoms with Gasteiger partial charge in [-0.1, -0.05) is 25.5 Å². The molecule has 1 aliphatic rings. The molecular formula is C15H21NO3. The summed E-state index contributed by atoms with van der Waals surface area (Å²) < 4.78 is 11.5. The van der Waals surface area contributed by atoms with Crippen molar-refractivity contribution in [3.8, 4) is 11.5 Å². The van der Waals surface area contributed by atoms with Crippen molar-refractivity contribution in [2.24, 2.45) is 0 Å². The Morgan fingerprint density at radius 3 is 2.84 bits per heavy atom. The number of ether oxygens (including phenoxy) is 2. The van der Waals surface area contributed by atoms with E-state index in [2.05, 4.69) is 6.92 Å². The summed E-state index contributed by atoms with van der Waals surface area (Å²) in [5.41, 5.74) is 0. The van der Waals surface area contributed by atoms with Gasteiger partial charge in [-0.15, -0.1) is 0 Å². The Labute approximate surface area is 114 Å². The highest BCUT2D eigenvalue weighted by molar-refractivity contribution is 5.75. The SMILES string of the molecule is CCCCC(=O)N(C)CC1COc2ccccc2O1. The molecule has 0 aliphatic carbocycles. The Hall–Kier alpha value is -1.71. The molecule has 1 heterocycles. The summed E-state index contributed by atoms with van der Waals surface area (Å²) in [4.78, 5) is 13.6. The average molecular weight is 263 g/mol. The van der Waals surface area contributed by atoms with Crippen LogP contribution in [0.25, 0.3) is 0 Å². The Bertz CT molecular complexity index is 433. The van der Waals surface area contributed by atoms with Crippen molar-refractivity contribution < 1.29 is 14.3 Å². The Morgan fingerprint density at radius 1 is 1.37 bits per heavy atom. The third-order valence-electron chi connectivity index (χ3n) is 3.21.